The summed E-state index contributed by atoms with van der Waals surface area (Å²) >= 11 is 0. The molecule has 1 aromatic heterocycles. The van der Waals surface area contributed by atoms with E-state index < -0.39 is 0 Å². The lowest BCUT2D eigenvalue weighted by atomic mass is 9.92. The molecule has 0 saturated heterocycles. The molecule has 2 nitrogen and oxygen atoms in total. The summed E-state index contributed by atoms with van der Waals surface area (Å²) in [5.74, 6) is 1.68. The number of rotatable bonds is 3. The van der Waals surface area contributed by atoms with Crippen molar-refractivity contribution in [2.75, 3.05) is 0 Å². The van der Waals surface area contributed by atoms with E-state index in [0.29, 0.717) is 5.92 Å². The third-order valence-corrected chi connectivity index (χ3v) is 5.43. The number of hydrogen-bond acceptors (Lipinski definition) is 0. The van der Waals surface area contributed by atoms with Crippen LogP contribution >= 0.6 is 0 Å². The molecule has 3 heteroatoms. The van der Waals surface area contributed by atoms with Gasteiger partial charge in [0.2, 0.25) is 0 Å². The summed E-state index contributed by atoms with van der Waals surface area (Å²) in [5.41, 5.74) is 7.78. The number of hydrogen-bond donors (Lipinski definition) is 0. The molecule has 25 heavy (non-hydrogen) atoms. The maximum Gasteiger partial charge on any atom is 0.289 e. The van der Waals surface area contributed by atoms with Crippen LogP contribution in [0.3, 0.4) is 0 Å². The van der Waals surface area contributed by atoms with Crippen LogP contribution in [0.4, 0.5) is 4.39 Å². The molecule has 0 N–H and O–H groups in total. The smallest absolute Gasteiger partial charge is 0.226 e. The average Bonchev–Trinajstić information content (AvgIpc) is 2.84. The second-order valence-corrected chi connectivity index (χ2v) is 7.77. The average molecular weight is 337 g/mol. The van der Waals surface area contributed by atoms with E-state index in [2.05, 4.69) is 42.2 Å². The fraction of sp³-hybridized carbons (Fsp3) is 0.409. The summed E-state index contributed by atoms with van der Waals surface area (Å²) in [5, 5.41) is 0. The topological polar surface area (TPSA) is 8.81 Å². The molecule has 0 spiro atoms. The van der Waals surface area contributed by atoms with Crippen molar-refractivity contribution >= 4 is 11.0 Å². The Morgan fingerprint density at radius 1 is 1.20 bits per heavy atom. The fourth-order valence-corrected chi connectivity index (χ4v) is 4.38. The number of nitrogens with zero attached hydrogens (tertiary/aromatic N) is 2. The first kappa shape index (κ1) is 16.3. The van der Waals surface area contributed by atoms with Crippen LogP contribution in [-0.4, -0.2) is 4.57 Å². The Balaban J connectivity index is 2.01. The van der Waals surface area contributed by atoms with Crippen LogP contribution in [0.25, 0.3) is 22.4 Å². The lowest BCUT2D eigenvalue weighted by molar-refractivity contribution is -0.664. The molecule has 2 heterocycles. The highest BCUT2D eigenvalue weighted by atomic mass is 19.1. The molecule has 0 fully saturated rings. The normalized spacial score (nSPS) is 13.8. The van der Waals surface area contributed by atoms with Crippen LogP contribution in [0.1, 0.15) is 37.0 Å². The largest absolute Gasteiger partial charge is 0.289 e. The predicted molar refractivity (Wildman–Crippen MR) is 100 cm³/mol. The highest BCUT2D eigenvalue weighted by Crippen LogP contribution is 2.32. The number of imidazole rings is 1. The Kier molecular flexibility index (Phi) is 3.90. The molecule has 1 aliphatic rings. The van der Waals surface area contributed by atoms with Crippen molar-refractivity contribution in [2.24, 2.45) is 13.0 Å². The Morgan fingerprint density at radius 2 is 2.00 bits per heavy atom. The van der Waals surface area contributed by atoms with Crippen LogP contribution < -0.4 is 4.57 Å². The van der Waals surface area contributed by atoms with E-state index >= 15 is 0 Å². The zero-order chi connectivity index (χ0) is 17.7. The molecule has 0 aliphatic carbocycles. The van der Waals surface area contributed by atoms with E-state index in [1.165, 1.54) is 34.4 Å². The van der Waals surface area contributed by atoms with Gasteiger partial charge in [0, 0.05) is 5.56 Å². The SMILES string of the molecule is Cc1cc(F)ccc1-c1n(C)c2ccc(CC(C)C)c3c2[n+]1CCC3. The van der Waals surface area contributed by atoms with E-state index in [9.17, 15) is 4.39 Å². The van der Waals surface area contributed by atoms with Gasteiger partial charge in [0.1, 0.15) is 5.82 Å². The summed E-state index contributed by atoms with van der Waals surface area (Å²) in [4.78, 5) is 0. The van der Waals surface area contributed by atoms with Gasteiger partial charge in [0.25, 0.3) is 5.82 Å². The summed E-state index contributed by atoms with van der Waals surface area (Å²) in [6.45, 7) is 7.59. The van der Waals surface area contributed by atoms with Crippen LogP contribution in [0, 0.1) is 18.7 Å². The van der Waals surface area contributed by atoms with Gasteiger partial charge in [0.15, 0.2) is 11.0 Å². The van der Waals surface area contributed by atoms with E-state index in [1.54, 1.807) is 12.1 Å². The fourth-order valence-electron chi connectivity index (χ4n) is 4.38. The van der Waals surface area contributed by atoms with Crippen LogP contribution in [0.15, 0.2) is 30.3 Å². The lowest BCUT2D eigenvalue weighted by Crippen LogP contribution is -2.39. The molecular weight excluding hydrogens is 311 g/mol. The molecule has 0 unspecified atom stereocenters. The third-order valence-electron chi connectivity index (χ3n) is 5.43. The minimum absolute atomic E-state index is 0.168. The second-order valence-electron chi connectivity index (χ2n) is 7.77. The van der Waals surface area contributed by atoms with Gasteiger partial charge in [-0.2, -0.15) is 0 Å². The van der Waals surface area contributed by atoms with Crippen molar-refractivity contribution in [2.45, 2.75) is 46.6 Å². The Bertz CT molecular complexity index is 966. The molecule has 4 rings (SSSR count). The molecule has 2 aromatic carbocycles. The van der Waals surface area contributed by atoms with Gasteiger partial charge in [-0.1, -0.05) is 19.9 Å². The first-order valence-corrected chi connectivity index (χ1v) is 9.27. The van der Waals surface area contributed by atoms with Gasteiger partial charge >= 0.3 is 0 Å². The molecular formula is C22H26FN2+. The first-order chi connectivity index (χ1) is 12.0. The second kappa shape index (κ2) is 5.98. The first-order valence-electron chi connectivity index (χ1n) is 9.27. The summed E-state index contributed by atoms with van der Waals surface area (Å²) in [6.07, 6.45) is 3.45. The number of aromatic nitrogens is 2. The van der Waals surface area contributed by atoms with Gasteiger partial charge in [-0.15, -0.1) is 0 Å². The third kappa shape index (κ3) is 2.57. The molecule has 0 amide bonds. The minimum Gasteiger partial charge on any atom is -0.226 e. The highest BCUT2D eigenvalue weighted by Gasteiger charge is 2.30. The Labute approximate surface area is 148 Å². The molecule has 0 saturated carbocycles. The van der Waals surface area contributed by atoms with Gasteiger partial charge in [-0.25, -0.2) is 13.5 Å². The van der Waals surface area contributed by atoms with E-state index in [1.807, 2.05) is 13.0 Å². The van der Waals surface area contributed by atoms with Gasteiger partial charge in [-0.3, -0.25) is 0 Å². The Morgan fingerprint density at radius 3 is 2.72 bits per heavy atom. The standard InChI is InChI=1S/C22H26FN2/c1-14(2)12-16-7-10-20-21-19(16)6-5-11-25(21)22(24(20)4)18-9-8-17(23)13-15(18)3/h7-10,13-14H,5-6,11-12H2,1-4H3/q+1. The van der Waals surface area contributed by atoms with Crippen molar-refractivity contribution in [3.05, 3.63) is 52.8 Å². The van der Waals surface area contributed by atoms with Crippen molar-refractivity contribution in [1.82, 2.24) is 4.57 Å². The molecule has 0 radical (unpaired) electrons. The highest BCUT2D eigenvalue weighted by molar-refractivity contribution is 5.81. The zero-order valence-corrected chi connectivity index (χ0v) is 15.6. The maximum atomic E-state index is 13.6. The van der Waals surface area contributed by atoms with Gasteiger partial charge in [-0.05, 0) is 67.5 Å². The van der Waals surface area contributed by atoms with E-state index in [4.69, 9.17) is 0 Å². The van der Waals surface area contributed by atoms with E-state index in [-0.39, 0.29) is 5.82 Å². The number of aryl methyl sites for hydroxylation is 4. The molecule has 130 valence electrons. The molecule has 0 bridgehead atoms. The van der Waals surface area contributed by atoms with Crippen LogP contribution in [-0.2, 0) is 26.4 Å². The van der Waals surface area contributed by atoms with E-state index in [0.717, 1.165) is 30.5 Å². The van der Waals surface area contributed by atoms with Gasteiger partial charge in [0.05, 0.1) is 19.2 Å². The molecule has 1 aliphatic heterocycles. The monoisotopic (exact) mass is 337 g/mol. The molecule has 3 aromatic rings. The van der Waals surface area contributed by atoms with Crippen molar-refractivity contribution in [3.63, 3.8) is 0 Å². The van der Waals surface area contributed by atoms with Gasteiger partial charge < -0.3 is 0 Å². The van der Waals surface area contributed by atoms with Crippen molar-refractivity contribution in [3.8, 4) is 11.4 Å². The number of halogens is 1. The van der Waals surface area contributed by atoms with Crippen LogP contribution in [0.2, 0.25) is 0 Å². The summed E-state index contributed by atoms with van der Waals surface area (Å²) < 4.78 is 18.3. The summed E-state index contributed by atoms with van der Waals surface area (Å²) in [7, 11) is 2.13. The van der Waals surface area contributed by atoms with Crippen LogP contribution in [0.5, 0.6) is 0 Å². The lowest BCUT2D eigenvalue weighted by Gasteiger charge is -2.16. The van der Waals surface area contributed by atoms with Crippen molar-refractivity contribution in [1.29, 1.82) is 0 Å². The zero-order valence-electron chi connectivity index (χ0n) is 15.6. The molecule has 0 atom stereocenters. The Hall–Kier alpha value is -2.16. The maximum absolute atomic E-state index is 13.6. The van der Waals surface area contributed by atoms with Crippen molar-refractivity contribution < 1.29 is 8.96 Å². The predicted octanol–water partition coefficient (Wildman–Crippen LogP) is 4.73. The quantitative estimate of drug-likeness (QED) is 0.611. The number of benzene rings is 2. The minimum atomic E-state index is -0.168. The summed E-state index contributed by atoms with van der Waals surface area (Å²) in [6, 6.07) is 9.70.